The normalized spacial score (nSPS) is 10.1. The highest BCUT2D eigenvalue weighted by atomic mass is 32.2. The zero-order valence-electron chi connectivity index (χ0n) is 4.58. The van der Waals surface area contributed by atoms with Crippen molar-refractivity contribution in [1.82, 2.24) is 0 Å². The lowest BCUT2D eigenvalue weighted by Gasteiger charge is -1.99. The van der Waals surface area contributed by atoms with Gasteiger partial charge in [-0.15, -0.1) is 0 Å². The van der Waals surface area contributed by atoms with Crippen molar-refractivity contribution in [3.05, 3.63) is 0 Å². The van der Waals surface area contributed by atoms with E-state index in [1.54, 1.807) is 0 Å². The minimum Gasteiger partial charge on any atom is -0.401 e. The molecule has 0 amide bonds. The van der Waals surface area contributed by atoms with Gasteiger partial charge in [0.1, 0.15) is 0 Å². The number of hydrogen-bond donors (Lipinski definition) is 4. The maximum Gasteiger partial charge on any atom is 0.648 e. The highest BCUT2D eigenvalue weighted by Gasteiger charge is 2.20. The summed E-state index contributed by atoms with van der Waals surface area (Å²) in [6.07, 6.45) is 0. The minimum absolute atomic E-state index is 2.28. The van der Waals surface area contributed by atoms with E-state index in [0.29, 0.717) is 0 Å². The van der Waals surface area contributed by atoms with Gasteiger partial charge < -0.3 is 20.1 Å². The summed E-state index contributed by atoms with van der Waals surface area (Å²) in [5.41, 5.74) is 0. The van der Waals surface area contributed by atoms with E-state index >= 15 is 0 Å². The molecule has 0 aliphatic heterocycles. The number of rotatable bonds is 4. The van der Waals surface area contributed by atoms with Crippen LogP contribution in [-0.4, -0.2) is 38.9 Å². The van der Waals surface area contributed by atoms with Gasteiger partial charge in [0.05, 0.1) is 0 Å². The first-order valence-electron chi connectivity index (χ1n) is 2.00. The molecule has 0 saturated carbocycles. The number of hydrogen-bond acceptors (Lipinski definition) is 7. The third-order valence-electron chi connectivity index (χ3n) is 0.329. The van der Waals surface area contributed by atoms with Crippen molar-refractivity contribution in [3.63, 3.8) is 0 Å². The van der Waals surface area contributed by atoms with Crippen LogP contribution in [0.5, 0.6) is 0 Å². The molecule has 0 saturated heterocycles. The summed E-state index contributed by atoms with van der Waals surface area (Å²) in [6, 6.07) is 0. The van der Waals surface area contributed by atoms with Crippen LogP contribution in [0.1, 0.15) is 0 Å². The van der Waals surface area contributed by atoms with Crippen molar-refractivity contribution in [2.45, 2.75) is 0 Å². The Morgan fingerprint density at radius 1 is 1.00 bits per heavy atom. The molecule has 0 spiro atoms. The van der Waals surface area contributed by atoms with Gasteiger partial charge in [-0.2, -0.15) is 4.21 Å². The lowest BCUT2D eigenvalue weighted by molar-refractivity contribution is 0.259. The van der Waals surface area contributed by atoms with E-state index in [9.17, 15) is 4.21 Å². The van der Waals surface area contributed by atoms with Crippen molar-refractivity contribution in [2.75, 3.05) is 0 Å². The summed E-state index contributed by atoms with van der Waals surface area (Å²) in [5, 5.41) is 31.7. The zero-order valence-corrected chi connectivity index (χ0v) is 5.39. The Kier molecular flexibility index (Phi) is 4.81. The van der Waals surface area contributed by atoms with Gasteiger partial charge >= 0.3 is 14.6 Å². The molecule has 0 aromatic rings. The molecule has 10 heteroatoms. The maximum absolute atomic E-state index is 10.1. The Hall–Kier alpha value is 0.0399. The average Bonchev–Trinajstić information content (AvgIpc) is 1.58. The second-order valence-corrected chi connectivity index (χ2v) is 1.84. The predicted molar refractivity (Wildman–Crippen MR) is 30.7 cm³/mol. The zero-order chi connectivity index (χ0) is 8.15. The molecular weight excluding hydrogens is 166 g/mol. The van der Waals surface area contributed by atoms with E-state index in [0.717, 1.165) is 0 Å². The molecule has 7 nitrogen and oxygen atoms in total. The maximum atomic E-state index is 10.1. The van der Waals surface area contributed by atoms with Crippen LogP contribution in [0, 0.1) is 0 Å². The van der Waals surface area contributed by atoms with E-state index in [4.69, 9.17) is 20.1 Å². The molecule has 0 unspecified atom stereocenters. The molecule has 10 heavy (non-hydrogen) atoms. The molecule has 0 aliphatic rings. The van der Waals surface area contributed by atoms with Crippen molar-refractivity contribution in [3.8, 4) is 0 Å². The van der Waals surface area contributed by atoms with Crippen LogP contribution in [0.15, 0.2) is 0 Å². The van der Waals surface area contributed by atoms with E-state index in [1.165, 1.54) is 0 Å². The summed E-state index contributed by atoms with van der Waals surface area (Å²) in [5.74, 6) is 0. The average molecular weight is 170 g/mol. The Morgan fingerprint density at radius 3 is 1.50 bits per heavy atom. The lowest BCUT2D eigenvalue weighted by Crippen LogP contribution is -2.25. The third kappa shape index (κ3) is 6.16. The van der Waals surface area contributed by atoms with Gasteiger partial charge in [-0.25, -0.2) is 0 Å². The molecule has 0 aliphatic carbocycles. The second kappa shape index (κ2) is 4.79. The lowest BCUT2D eigenvalue weighted by atomic mass is 10.3. The molecule has 0 aromatic carbocycles. The first-order valence-corrected chi connectivity index (χ1v) is 3.00. The van der Waals surface area contributed by atoms with Crippen molar-refractivity contribution in [2.24, 2.45) is 0 Å². The monoisotopic (exact) mass is 170 g/mol. The molecule has 0 radical (unpaired) electrons. The van der Waals surface area contributed by atoms with Crippen LogP contribution < -0.4 is 0 Å². The van der Waals surface area contributed by atoms with Gasteiger partial charge in [0.2, 0.25) is 0 Å². The summed E-state index contributed by atoms with van der Waals surface area (Å²) >= 11 is -2.58. The molecular formula is H4B2O7S. The predicted octanol–water partition coefficient (Wildman–Crippen LogP) is -3.46. The van der Waals surface area contributed by atoms with Crippen LogP contribution >= 0.6 is 0 Å². The summed E-state index contributed by atoms with van der Waals surface area (Å²) in [6.45, 7) is 0. The Bertz CT molecular complexity index is 98.2. The van der Waals surface area contributed by atoms with E-state index in [2.05, 4.69) is 8.20 Å². The Morgan fingerprint density at radius 2 is 1.30 bits per heavy atom. The van der Waals surface area contributed by atoms with Crippen LogP contribution in [0.4, 0.5) is 0 Å². The van der Waals surface area contributed by atoms with Gasteiger partial charge in [0, 0.05) is 0 Å². The molecule has 0 fully saturated rings. The van der Waals surface area contributed by atoms with Gasteiger partial charge in [-0.05, 0) is 0 Å². The van der Waals surface area contributed by atoms with E-state index < -0.39 is 26.0 Å². The minimum atomic E-state index is -2.58. The van der Waals surface area contributed by atoms with Crippen LogP contribution in [-0.2, 0) is 19.6 Å². The molecule has 0 atom stereocenters. The topological polar surface area (TPSA) is 116 Å². The van der Waals surface area contributed by atoms with Gasteiger partial charge in [0.15, 0.2) is 0 Å². The fourth-order valence-electron chi connectivity index (χ4n) is 0.163. The fourth-order valence-corrected chi connectivity index (χ4v) is 0.490. The first kappa shape index (κ1) is 10.0. The Balaban J connectivity index is 3.44. The highest BCUT2D eigenvalue weighted by Crippen LogP contribution is 1.89. The van der Waals surface area contributed by atoms with Gasteiger partial charge in [-0.3, -0.25) is 8.20 Å². The van der Waals surface area contributed by atoms with Crippen molar-refractivity contribution in [1.29, 1.82) is 0 Å². The summed E-state index contributed by atoms with van der Waals surface area (Å²) in [7, 11) is -4.56. The van der Waals surface area contributed by atoms with Crippen molar-refractivity contribution < 1.29 is 32.5 Å². The molecule has 0 bridgehead atoms. The summed E-state index contributed by atoms with van der Waals surface area (Å²) < 4.78 is 17.3. The van der Waals surface area contributed by atoms with E-state index in [-0.39, 0.29) is 0 Å². The SMILES string of the molecule is O=S(OB(O)O)OB(O)O. The van der Waals surface area contributed by atoms with Gasteiger partial charge in [0.25, 0.3) is 11.4 Å². The van der Waals surface area contributed by atoms with Gasteiger partial charge in [-0.1, -0.05) is 0 Å². The summed E-state index contributed by atoms with van der Waals surface area (Å²) in [4.78, 5) is 0. The molecule has 0 rings (SSSR count). The molecule has 58 valence electrons. The Labute approximate surface area is 59.4 Å². The van der Waals surface area contributed by atoms with Crippen LogP contribution in [0.2, 0.25) is 0 Å². The molecule has 4 N–H and O–H groups in total. The highest BCUT2D eigenvalue weighted by molar-refractivity contribution is 7.77. The van der Waals surface area contributed by atoms with E-state index in [1.807, 2.05) is 0 Å². The smallest absolute Gasteiger partial charge is 0.401 e. The van der Waals surface area contributed by atoms with Crippen LogP contribution in [0.3, 0.4) is 0 Å². The second-order valence-electron chi connectivity index (χ2n) is 1.05. The largest absolute Gasteiger partial charge is 0.648 e. The van der Waals surface area contributed by atoms with Crippen molar-refractivity contribution >= 4 is 26.0 Å². The van der Waals surface area contributed by atoms with Crippen LogP contribution in [0.25, 0.3) is 0 Å². The molecule has 0 heterocycles. The fraction of sp³-hybridized carbons (Fsp3) is 0. The molecule has 0 aromatic heterocycles. The standard InChI is InChI=1S/B2H4O7S/c3-1(4)8-10(7)9-2(5)6/h3-6H. The third-order valence-corrected chi connectivity index (χ3v) is 0.988. The quantitative estimate of drug-likeness (QED) is 0.323. The first-order chi connectivity index (χ1) is 4.52.